The Hall–Kier alpha value is -3.39. The van der Waals surface area contributed by atoms with E-state index in [0.29, 0.717) is 55.2 Å². The highest BCUT2D eigenvalue weighted by atomic mass is 32.1. The summed E-state index contributed by atoms with van der Waals surface area (Å²) in [4.78, 5) is 17.9. The van der Waals surface area contributed by atoms with Crippen molar-refractivity contribution in [3.63, 3.8) is 0 Å². The number of anilines is 2. The zero-order valence-corrected chi connectivity index (χ0v) is 22.5. The Bertz CT molecular complexity index is 1710. The standard InChI is InChI=1S/C31H31N3O3S/c1-19-17-34(18-20(2)32-19)25-11-10-22(31-29(25)24-6-3-4-9-27(24)38-31)21-7-5-8-23-26(35)16-28(37-30(21)23)33-12-14-36-15-13-33/h3-11,16,19-20,32H,12-15,17-18H2,1-2H3. The van der Waals surface area contributed by atoms with E-state index in [9.17, 15) is 4.79 Å². The monoisotopic (exact) mass is 525 g/mol. The number of rotatable bonds is 3. The largest absolute Gasteiger partial charge is 0.440 e. The quantitative estimate of drug-likeness (QED) is 0.319. The summed E-state index contributed by atoms with van der Waals surface area (Å²) in [6.07, 6.45) is 0. The van der Waals surface area contributed by atoms with Crippen LogP contribution in [-0.2, 0) is 4.74 Å². The fourth-order valence-corrected chi connectivity index (χ4v) is 7.38. The van der Waals surface area contributed by atoms with E-state index in [1.807, 2.05) is 23.5 Å². The number of para-hydroxylation sites is 1. The number of hydrogen-bond donors (Lipinski definition) is 1. The van der Waals surface area contributed by atoms with Crippen molar-refractivity contribution in [1.29, 1.82) is 0 Å². The Morgan fingerprint density at radius 3 is 2.45 bits per heavy atom. The molecule has 2 unspecified atom stereocenters. The maximum atomic E-state index is 13.2. The van der Waals surface area contributed by atoms with Gasteiger partial charge in [0.2, 0.25) is 0 Å². The number of nitrogens with zero attached hydrogens (tertiary/aromatic N) is 2. The van der Waals surface area contributed by atoms with E-state index < -0.39 is 0 Å². The maximum absolute atomic E-state index is 13.2. The van der Waals surface area contributed by atoms with Gasteiger partial charge in [0.15, 0.2) is 11.3 Å². The molecule has 2 aliphatic heterocycles. The van der Waals surface area contributed by atoms with Crippen LogP contribution >= 0.6 is 11.3 Å². The number of fused-ring (bicyclic) bond motifs is 4. The van der Waals surface area contributed by atoms with Gasteiger partial charge < -0.3 is 24.3 Å². The van der Waals surface area contributed by atoms with Crippen molar-refractivity contribution in [3.8, 4) is 11.1 Å². The fraction of sp³-hybridized carbons (Fsp3) is 0.323. The first-order valence-electron chi connectivity index (χ1n) is 13.4. The van der Waals surface area contributed by atoms with E-state index in [4.69, 9.17) is 9.15 Å². The van der Waals surface area contributed by atoms with E-state index in [2.05, 4.69) is 71.4 Å². The molecule has 194 valence electrons. The van der Waals surface area contributed by atoms with Gasteiger partial charge in [-0.05, 0) is 32.0 Å². The van der Waals surface area contributed by atoms with Gasteiger partial charge in [0.25, 0.3) is 0 Å². The number of thiophene rings is 1. The van der Waals surface area contributed by atoms with Crippen LogP contribution in [0.4, 0.5) is 11.6 Å². The summed E-state index contributed by atoms with van der Waals surface area (Å²) in [5.41, 5.74) is 3.98. The van der Waals surface area contributed by atoms with Gasteiger partial charge >= 0.3 is 0 Å². The molecule has 7 heteroatoms. The zero-order valence-electron chi connectivity index (χ0n) is 21.7. The van der Waals surface area contributed by atoms with E-state index in [-0.39, 0.29) is 5.43 Å². The molecule has 0 saturated carbocycles. The van der Waals surface area contributed by atoms with E-state index in [1.165, 1.54) is 25.9 Å². The minimum atomic E-state index is -0.0115. The second-order valence-corrected chi connectivity index (χ2v) is 11.6. The molecule has 0 radical (unpaired) electrons. The number of ether oxygens (including phenoxy) is 1. The molecule has 6 nitrogen and oxygen atoms in total. The average Bonchev–Trinajstić information content (AvgIpc) is 3.32. The first-order valence-corrected chi connectivity index (χ1v) is 14.2. The Kier molecular flexibility index (Phi) is 5.87. The predicted octanol–water partition coefficient (Wildman–Crippen LogP) is 5.85. The van der Waals surface area contributed by atoms with Crippen LogP contribution in [0.1, 0.15) is 13.8 Å². The van der Waals surface area contributed by atoms with Crippen molar-refractivity contribution in [1.82, 2.24) is 5.32 Å². The molecule has 0 aliphatic carbocycles. The van der Waals surface area contributed by atoms with Crippen molar-refractivity contribution in [2.75, 3.05) is 49.2 Å². The van der Waals surface area contributed by atoms with Crippen LogP contribution in [0.15, 0.2) is 69.9 Å². The molecular weight excluding hydrogens is 494 g/mol. The zero-order chi connectivity index (χ0) is 25.8. The van der Waals surface area contributed by atoms with E-state index in [0.717, 1.165) is 24.2 Å². The highest BCUT2D eigenvalue weighted by Gasteiger charge is 2.25. The number of piperazine rings is 1. The highest BCUT2D eigenvalue weighted by Crippen LogP contribution is 2.46. The van der Waals surface area contributed by atoms with Crippen LogP contribution in [0, 0.1) is 0 Å². The van der Waals surface area contributed by atoms with Crippen LogP contribution in [0.5, 0.6) is 0 Å². The van der Waals surface area contributed by atoms with Crippen molar-refractivity contribution in [2.45, 2.75) is 25.9 Å². The fourth-order valence-electron chi connectivity index (χ4n) is 6.13. The molecule has 7 rings (SSSR count). The van der Waals surface area contributed by atoms with Gasteiger partial charge in [-0.25, -0.2) is 0 Å². The topological polar surface area (TPSA) is 58.0 Å². The SMILES string of the molecule is CC1CN(c2ccc(-c3cccc4c(=O)cc(N5CCOCC5)oc34)c3sc4ccccc4c23)CC(C)N1. The summed E-state index contributed by atoms with van der Waals surface area (Å²) < 4.78 is 14.5. The maximum Gasteiger partial charge on any atom is 0.200 e. The van der Waals surface area contributed by atoms with Crippen LogP contribution in [0.3, 0.4) is 0 Å². The van der Waals surface area contributed by atoms with Crippen LogP contribution in [0.2, 0.25) is 0 Å². The summed E-state index contributed by atoms with van der Waals surface area (Å²) >= 11 is 1.82. The molecule has 2 saturated heterocycles. The molecule has 2 aromatic heterocycles. The lowest BCUT2D eigenvalue weighted by molar-refractivity contribution is 0.121. The third kappa shape index (κ3) is 3.97. The van der Waals surface area contributed by atoms with Crippen molar-refractivity contribution in [3.05, 3.63) is 70.9 Å². The summed E-state index contributed by atoms with van der Waals surface area (Å²) in [6, 6.07) is 21.6. The van der Waals surface area contributed by atoms with Crippen LogP contribution in [-0.4, -0.2) is 51.5 Å². The second kappa shape index (κ2) is 9.42. The summed E-state index contributed by atoms with van der Waals surface area (Å²) in [6.45, 7) is 9.14. The Morgan fingerprint density at radius 2 is 1.63 bits per heavy atom. The smallest absolute Gasteiger partial charge is 0.200 e. The van der Waals surface area contributed by atoms with Gasteiger partial charge in [-0.15, -0.1) is 11.3 Å². The first-order chi connectivity index (χ1) is 18.6. The lowest BCUT2D eigenvalue weighted by atomic mass is 9.98. The molecule has 0 bridgehead atoms. The summed E-state index contributed by atoms with van der Waals surface area (Å²) in [7, 11) is 0. The molecule has 1 N–H and O–H groups in total. The van der Waals surface area contributed by atoms with Gasteiger partial charge in [0.1, 0.15) is 5.58 Å². The lowest BCUT2D eigenvalue weighted by Crippen LogP contribution is -2.54. The van der Waals surface area contributed by atoms with Gasteiger partial charge in [-0.2, -0.15) is 0 Å². The Labute approximate surface area is 225 Å². The van der Waals surface area contributed by atoms with Crippen molar-refractivity contribution >= 4 is 54.0 Å². The predicted molar refractivity (Wildman–Crippen MR) is 158 cm³/mol. The highest BCUT2D eigenvalue weighted by molar-refractivity contribution is 7.26. The molecule has 0 amide bonds. The number of benzene rings is 3. The van der Waals surface area contributed by atoms with Gasteiger partial charge in [0, 0.05) is 81.3 Å². The summed E-state index contributed by atoms with van der Waals surface area (Å²) in [5, 5.41) is 6.84. The number of nitrogens with one attached hydrogen (secondary N) is 1. The molecular formula is C31H31N3O3S. The Morgan fingerprint density at radius 1 is 0.868 bits per heavy atom. The van der Waals surface area contributed by atoms with Crippen LogP contribution in [0.25, 0.3) is 42.3 Å². The normalized spacial score (nSPS) is 20.6. The van der Waals surface area contributed by atoms with E-state index >= 15 is 0 Å². The number of hydrogen-bond acceptors (Lipinski definition) is 7. The van der Waals surface area contributed by atoms with Gasteiger partial charge in [0.05, 0.1) is 18.6 Å². The second-order valence-electron chi connectivity index (χ2n) is 10.5. The Balaban J connectivity index is 1.46. The summed E-state index contributed by atoms with van der Waals surface area (Å²) in [5.74, 6) is 0.617. The molecule has 2 atom stereocenters. The minimum absolute atomic E-state index is 0.0115. The molecule has 4 heterocycles. The molecule has 38 heavy (non-hydrogen) atoms. The third-order valence-electron chi connectivity index (χ3n) is 7.76. The van der Waals surface area contributed by atoms with Crippen molar-refractivity contribution < 1.29 is 9.15 Å². The van der Waals surface area contributed by atoms with Crippen molar-refractivity contribution in [2.24, 2.45) is 0 Å². The molecule has 0 spiro atoms. The minimum Gasteiger partial charge on any atom is -0.440 e. The molecule has 2 fully saturated rings. The molecule has 5 aromatic rings. The van der Waals surface area contributed by atoms with E-state index in [1.54, 1.807) is 6.07 Å². The third-order valence-corrected chi connectivity index (χ3v) is 8.96. The number of morpholine rings is 1. The first kappa shape index (κ1) is 23.7. The molecule has 2 aliphatic rings. The van der Waals surface area contributed by atoms with Gasteiger partial charge in [-0.1, -0.05) is 36.4 Å². The average molecular weight is 526 g/mol. The van der Waals surface area contributed by atoms with Crippen LogP contribution < -0.4 is 20.5 Å². The van der Waals surface area contributed by atoms with Gasteiger partial charge in [-0.3, -0.25) is 4.79 Å². The lowest BCUT2D eigenvalue weighted by Gasteiger charge is -2.38. The molecule has 3 aromatic carbocycles.